The van der Waals surface area contributed by atoms with E-state index in [1.807, 2.05) is 55.5 Å². The molecule has 3 aromatic rings. The summed E-state index contributed by atoms with van der Waals surface area (Å²) in [6, 6.07) is 14.8. The van der Waals surface area contributed by atoms with Crippen molar-refractivity contribution in [3.63, 3.8) is 0 Å². The predicted molar refractivity (Wildman–Crippen MR) is 126 cm³/mol. The number of hydrogen-bond donors (Lipinski definition) is 2. The lowest BCUT2D eigenvalue weighted by atomic mass is 10.1. The summed E-state index contributed by atoms with van der Waals surface area (Å²) in [4.78, 5) is 21.4. The average Bonchev–Trinajstić information content (AvgIpc) is 3.59. The fourth-order valence-corrected chi connectivity index (χ4v) is 4.42. The van der Waals surface area contributed by atoms with Gasteiger partial charge in [-0.3, -0.25) is 5.32 Å². The molecule has 0 saturated carbocycles. The van der Waals surface area contributed by atoms with Gasteiger partial charge < -0.3 is 29.0 Å². The molecule has 1 amide bonds. The zero-order valence-corrected chi connectivity index (χ0v) is 19.0. The average molecular weight is 476 g/mol. The number of fused-ring (bicyclic) bond motifs is 2. The molecule has 180 valence electrons. The maximum absolute atomic E-state index is 12.4. The Morgan fingerprint density at radius 3 is 2.71 bits per heavy atom. The molecule has 10 nitrogen and oxygen atoms in total. The minimum atomic E-state index is -0.539. The van der Waals surface area contributed by atoms with Gasteiger partial charge >= 0.3 is 6.09 Å². The van der Waals surface area contributed by atoms with Crippen LogP contribution in [0, 0.1) is 6.92 Å². The highest BCUT2D eigenvalue weighted by Crippen LogP contribution is 2.36. The molecule has 0 spiro atoms. The molecule has 2 fully saturated rings. The lowest BCUT2D eigenvalue weighted by Crippen LogP contribution is -2.38. The number of rotatable bonds is 5. The van der Waals surface area contributed by atoms with E-state index in [1.54, 1.807) is 6.20 Å². The van der Waals surface area contributed by atoms with Crippen LogP contribution in [0.25, 0.3) is 11.3 Å². The molecule has 35 heavy (non-hydrogen) atoms. The predicted octanol–water partition coefficient (Wildman–Crippen LogP) is 3.38. The molecule has 2 aromatic carbocycles. The van der Waals surface area contributed by atoms with Gasteiger partial charge in [-0.25, -0.2) is 14.8 Å². The van der Waals surface area contributed by atoms with E-state index < -0.39 is 12.2 Å². The van der Waals surface area contributed by atoms with Crippen LogP contribution in [-0.2, 0) is 14.2 Å². The largest absolute Gasteiger partial charge is 0.454 e. The lowest BCUT2D eigenvalue weighted by molar-refractivity contribution is 0.00917. The van der Waals surface area contributed by atoms with Crippen LogP contribution in [0.15, 0.2) is 54.7 Å². The van der Waals surface area contributed by atoms with Gasteiger partial charge in [-0.05, 0) is 43.3 Å². The quantitative estimate of drug-likeness (QED) is 0.572. The van der Waals surface area contributed by atoms with Crippen molar-refractivity contribution in [2.45, 2.75) is 31.3 Å². The second-order valence-electron chi connectivity index (χ2n) is 8.62. The number of anilines is 2. The van der Waals surface area contributed by atoms with Gasteiger partial charge in [-0.1, -0.05) is 17.7 Å². The monoisotopic (exact) mass is 476 g/mol. The maximum Gasteiger partial charge on any atom is 0.412 e. The first-order valence-electron chi connectivity index (χ1n) is 11.4. The number of benzene rings is 2. The SMILES string of the molecule is Cc1ccc(NC(=O)O[C@@H]2CO[C@H]3[C@@H]2OC[C@@H]3Nc2nccc(-c3ccc4c(c3)OCO4)n2)cc1. The first-order valence-corrected chi connectivity index (χ1v) is 11.4. The third-order valence-corrected chi connectivity index (χ3v) is 6.20. The van der Waals surface area contributed by atoms with Crippen LogP contribution in [0.3, 0.4) is 0 Å². The van der Waals surface area contributed by atoms with Gasteiger partial charge in [0.1, 0.15) is 12.2 Å². The Balaban J connectivity index is 1.08. The second-order valence-corrected chi connectivity index (χ2v) is 8.62. The van der Waals surface area contributed by atoms with E-state index in [4.69, 9.17) is 23.7 Å². The zero-order valence-electron chi connectivity index (χ0n) is 19.0. The first-order chi connectivity index (χ1) is 17.1. The number of hydrogen-bond acceptors (Lipinski definition) is 9. The van der Waals surface area contributed by atoms with Crippen molar-refractivity contribution in [3.8, 4) is 22.8 Å². The van der Waals surface area contributed by atoms with E-state index in [1.165, 1.54) is 0 Å². The summed E-state index contributed by atoms with van der Waals surface area (Å²) in [5, 5.41) is 6.05. The van der Waals surface area contributed by atoms with E-state index in [2.05, 4.69) is 20.6 Å². The van der Waals surface area contributed by atoms with Crippen molar-refractivity contribution in [2.75, 3.05) is 30.6 Å². The molecule has 0 unspecified atom stereocenters. The standard InChI is InChI=1S/C25H24N4O6/c1-14-2-5-16(6-3-14)27-25(30)35-21-12-32-22-18(11-31-23(21)22)29-24-26-9-8-17(28-24)15-4-7-19-20(10-15)34-13-33-19/h2-10,18,21-23H,11-13H2,1H3,(H,27,30)(H,26,28,29)/t18-,21+,22+,23+/m0/s1. The van der Waals surface area contributed by atoms with Gasteiger partial charge in [-0.15, -0.1) is 0 Å². The lowest BCUT2D eigenvalue weighted by Gasteiger charge is -2.18. The summed E-state index contributed by atoms with van der Waals surface area (Å²) in [7, 11) is 0. The summed E-state index contributed by atoms with van der Waals surface area (Å²) >= 11 is 0. The van der Waals surface area contributed by atoms with Crippen molar-refractivity contribution >= 4 is 17.7 Å². The van der Waals surface area contributed by atoms with E-state index in [0.717, 1.165) is 22.6 Å². The fraction of sp³-hybridized carbons (Fsp3) is 0.320. The van der Waals surface area contributed by atoms with E-state index in [0.29, 0.717) is 24.0 Å². The number of ether oxygens (including phenoxy) is 5. The van der Waals surface area contributed by atoms with Crippen molar-refractivity contribution in [1.29, 1.82) is 0 Å². The highest BCUT2D eigenvalue weighted by Gasteiger charge is 2.49. The normalized spacial score (nSPS) is 24.1. The number of amides is 1. The van der Waals surface area contributed by atoms with Gasteiger partial charge in [0.2, 0.25) is 12.7 Å². The van der Waals surface area contributed by atoms with Crippen LogP contribution in [0.5, 0.6) is 11.5 Å². The molecule has 10 heteroatoms. The second kappa shape index (κ2) is 9.05. The maximum atomic E-state index is 12.4. The first kappa shape index (κ1) is 21.6. The van der Waals surface area contributed by atoms with Gasteiger partial charge in [0.05, 0.1) is 24.9 Å². The highest BCUT2D eigenvalue weighted by atomic mass is 16.7. The minimum Gasteiger partial charge on any atom is -0.454 e. The zero-order chi connectivity index (χ0) is 23.8. The van der Waals surface area contributed by atoms with Crippen LogP contribution in [0.2, 0.25) is 0 Å². The Labute approximate surface area is 201 Å². The van der Waals surface area contributed by atoms with Crippen molar-refractivity contribution in [2.24, 2.45) is 0 Å². The summed E-state index contributed by atoms with van der Waals surface area (Å²) in [6.07, 6.45) is -0.00128. The summed E-state index contributed by atoms with van der Waals surface area (Å²) in [5.41, 5.74) is 3.42. The molecule has 2 N–H and O–H groups in total. The van der Waals surface area contributed by atoms with Crippen LogP contribution in [-0.4, -0.2) is 60.4 Å². The van der Waals surface area contributed by atoms with Crippen LogP contribution < -0.4 is 20.1 Å². The smallest absolute Gasteiger partial charge is 0.412 e. The van der Waals surface area contributed by atoms with Crippen molar-refractivity contribution in [1.82, 2.24) is 9.97 Å². The highest BCUT2D eigenvalue weighted by molar-refractivity contribution is 5.84. The number of aromatic nitrogens is 2. The summed E-state index contributed by atoms with van der Waals surface area (Å²) < 4.78 is 28.3. The molecule has 4 heterocycles. The van der Waals surface area contributed by atoms with Gasteiger partial charge in [0.25, 0.3) is 0 Å². The third-order valence-electron chi connectivity index (χ3n) is 6.20. The van der Waals surface area contributed by atoms with E-state index >= 15 is 0 Å². The van der Waals surface area contributed by atoms with Gasteiger partial charge in [0.15, 0.2) is 17.6 Å². The molecule has 2 saturated heterocycles. The Hall–Kier alpha value is -3.89. The van der Waals surface area contributed by atoms with E-state index in [-0.39, 0.29) is 31.6 Å². The Kier molecular flexibility index (Phi) is 5.59. The molecule has 6 rings (SSSR count). The Bertz CT molecular complexity index is 1240. The van der Waals surface area contributed by atoms with Crippen LogP contribution >= 0.6 is 0 Å². The molecule has 4 atom stereocenters. The van der Waals surface area contributed by atoms with Gasteiger partial charge in [-0.2, -0.15) is 0 Å². The molecule has 3 aliphatic rings. The number of aryl methyl sites for hydroxylation is 1. The molecular formula is C25H24N4O6. The summed E-state index contributed by atoms with van der Waals surface area (Å²) in [5.74, 6) is 1.87. The van der Waals surface area contributed by atoms with Crippen LogP contribution in [0.1, 0.15) is 5.56 Å². The Morgan fingerprint density at radius 1 is 1.00 bits per heavy atom. The number of carbonyl (C=O) groups excluding carboxylic acids is 1. The molecular weight excluding hydrogens is 452 g/mol. The topological polar surface area (TPSA) is 113 Å². The number of carbonyl (C=O) groups is 1. The van der Waals surface area contributed by atoms with Crippen LogP contribution in [0.4, 0.5) is 16.4 Å². The van der Waals surface area contributed by atoms with Crippen molar-refractivity contribution in [3.05, 3.63) is 60.3 Å². The molecule has 0 radical (unpaired) electrons. The molecule has 0 bridgehead atoms. The molecule has 3 aliphatic heterocycles. The Morgan fingerprint density at radius 2 is 1.83 bits per heavy atom. The van der Waals surface area contributed by atoms with E-state index in [9.17, 15) is 4.79 Å². The fourth-order valence-electron chi connectivity index (χ4n) is 4.42. The number of nitrogens with zero attached hydrogens (tertiary/aromatic N) is 2. The molecule has 1 aromatic heterocycles. The minimum absolute atomic E-state index is 0.180. The van der Waals surface area contributed by atoms with Crippen molar-refractivity contribution < 1.29 is 28.5 Å². The van der Waals surface area contributed by atoms with Gasteiger partial charge in [0, 0.05) is 17.4 Å². The molecule has 0 aliphatic carbocycles. The number of nitrogens with one attached hydrogen (secondary N) is 2. The summed E-state index contributed by atoms with van der Waals surface area (Å²) in [6.45, 7) is 2.84. The third kappa shape index (κ3) is 4.45.